The van der Waals surface area contributed by atoms with Gasteiger partial charge < -0.3 is 10.6 Å². The number of amides is 1. The zero-order valence-corrected chi connectivity index (χ0v) is 17.3. The van der Waals surface area contributed by atoms with Crippen LogP contribution in [-0.2, 0) is 11.2 Å². The van der Waals surface area contributed by atoms with Crippen LogP contribution in [0.2, 0.25) is 0 Å². The van der Waals surface area contributed by atoms with Gasteiger partial charge in [0.1, 0.15) is 11.9 Å². The molecule has 28 heavy (non-hydrogen) atoms. The van der Waals surface area contributed by atoms with Crippen LogP contribution in [0.1, 0.15) is 22.7 Å². The molecule has 1 amide bonds. The first-order valence-corrected chi connectivity index (χ1v) is 9.93. The number of nitrogens with one attached hydrogen (secondary N) is 2. The van der Waals surface area contributed by atoms with E-state index >= 15 is 0 Å². The molecule has 0 aliphatic carbocycles. The van der Waals surface area contributed by atoms with Crippen LogP contribution < -0.4 is 10.6 Å². The summed E-state index contributed by atoms with van der Waals surface area (Å²) in [5.41, 5.74) is 2.65. The zero-order chi connectivity index (χ0) is 19.8. The summed E-state index contributed by atoms with van der Waals surface area (Å²) >= 11 is 2.18. The highest BCUT2D eigenvalue weighted by Gasteiger charge is 2.20. The Morgan fingerprint density at radius 1 is 1.07 bits per heavy atom. The molecule has 2 aromatic carbocycles. The minimum Gasteiger partial charge on any atom is -0.309 e. The van der Waals surface area contributed by atoms with Crippen molar-refractivity contribution in [1.29, 1.82) is 5.26 Å². The highest BCUT2D eigenvalue weighted by Crippen LogP contribution is 2.16. The first-order chi connectivity index (χ1) is 13.7. The summed E-state index contributed by atoms with van der Waals surface area (Å²) in [6, 6.07) is 22.4. The fourth-order valence-corrected chi connectivity index (χ4v) is 3.08. The molecule has 1 aromatic heterocycles. The second-order valence-electron chi connectivity index (χ2n) is 6.21. The Balaban J connectivity index is 1.67. The number of hydrogen-bond donors (Lipinski definition) is 2. The Kier molecular flexibility index (Phi) is 7.12. The third-order valence-electron chi connectivity index (χ3n) is 4.22. The van der Waals surface area contributed by atoms with E-state index in [1.165, 1.54) is 0 Å². The topological polar surface area (TPSA) is 77.8 Å². The summed E-state index contributed by atoms with van der Waals surface area (Å²) in [5, 5.41) is 15.1. The molecule has 5 nitrogen and oxygen atoms in total. The molecule has 140 valence electrons. The molecule has 3 rings (SSSR count). The number of anilines is 1. The lowest BCUT2D eigenvalue weighted by molar-refractivity contribution is -0.118. The lowest BCUT2D eigenvalue weighted by Gasteiger charge is -2.19. The molecule has 0 fully saturated rings. The summed E-state index contributed by atoms with van der Waals surface area (Å²) in [6.07, 6.45) is 2.47. The minimum absolute atomic E-state index is 0.153. The first-order valence-electron chi connectivity index (χ1n) is 8.85. The molecule has 0 aliphatic rings. The van der Waals surface area contributed by atoms with Gasteiger partial charge in [0.15, 0.2) is 0 Å². The van der Waals surface area contributed by atoms with Crippen LogP contribution in [0, 0.1) is 14.9 Å². The average molecular weight is 482 g/mol. The van der Waals surface area contributed by atoms with E-state index in [0.717, 1.165) is 21.1 Å². The molecule has 3 aromatic rings. The van der Waals surface area contributed by atoms with Gasteiger partial charge in [0.05, 0.1) is 11.6 Å². The Morgan fingerprint density at radius 3 is 2.46 bits per heavy atom. The van der Waals surface area contributed by atoms with Crippen LogP contribution in [0.5, 0.6) is 0 Å². The maximum absolute atomic E-state index is 12.9. The van der Waals surface area contributed by atoms with E-state index in [1.807, 2.05) is 48.5 Å². The van der Waals surface area contributed by atoms with Gasteiger partial charge in [-0.25, -0.2) is 4.98 Å². The fourth-order valence-electron chi connectivity index (χ4n) is 2.76. The van der Waals surface area contributed by atoms with E-state index in [2.05, 4.69) is 44.3 Å². The van der Waals surface area contributed by atoms with Crippen molar-refractivity contribution in [2.75, 3.05) is 11.9 Å². The average Bonchev–Trinajstić information content (AvgIpc) is 2.74. The van der Waals surface area contributed by atoms with Gasteiger partial charge in [-0.3, -0.25) is 4.79 Å². The highest BCUT2D eigenvalue weighted by molar-refractivity contribution is 14.1. The third-order valence-corrected chi connectivity index (χ3v) is 4.86. The largest absolute Gasteiger partial charge is 0.309 e. The van der Waals surface area contributed by atoms with Gasteiger partial charge in [0.25, 0.3) is 0 Å². The number of carbonyl (C=O) groups excluding carboxylic acids is 1. The van der Waals surface area contributed by atoms with Crippen LogP contribution in [0.4, 0.5) is 5.82 Å². The van der Waals surface area contributed by atoms with Crippen molar-refractivity contribution in [2.45, 2.75) is 12.5 Å². The number of hydrogen-bond acceptors (Lipinski definition) is 4. The van der Waals surface area contributed by atoms with Crippen molar-refractivity contribution < 1.29 is 4.79 Å². The van der Waals surface area contributed by atoms with Crippen LogP contribution in [0.25, 0.3) is 0 Å². The summed E-state index contributed by atoms with van der Waals surface area (Å²) in [4.78, 5) is 17.1. The van der Waals surface area contributed by atoms with E-state index in [4.69, 9.17) is 5.26 Å². The number of halogens is 1. The van der Waals surface area contributed by atoms with Gasteiger partial charge in [-0.1, -0.05) is 42.5 Å². The van der Waals surface area contributed by atoms with Gasteiger partial charge in [-0.2, -0.15) is 5.26 Å². The van der Waals surface area contributed by atoms with Gasteiger partial charge >= 0.3 is 0 Å². The molecule has 2 N–H and O–H groups in total. The molecule has 6 heteroatoms. The van der Waals surface area contributed by atoms with E-state index in [0.29, 0.717) is 17.9 Å². The highest BCUT2D eigenvalue weighted by atomic mass is 127. The number of rotatable bonds is 7. The second kappa shape index (κ2) is 9.97. The predicted molar refractivity (Wildman–Crippen MR) is 118 cm³/mol. The van der Waals surface area contributed by atoms with E-state index < -0.39 is 6.04 Å². The van der Waals surface area contributed by atoms with Crippen molar-refractivity contribution >= 4 is 34.3 Å². The summed E-state index contributed by atoms with van der Waals surface area (Å²) in [6.45, 7) is 0.624. The molecule has 0 radical (unpaired) electrons. The SMILES string of the molecule is N#Cc1ccc(CCN[C@@H](C(=O)Nc2ccc(I)cn2)c2ccccc2)cc1. The zero-order valence-electron chi connectivity index (χ0n) is 15.1. The van der Waals surface area contributed by atoms with Crippen molar-refractivity contribution in [3.8, 4) is 6.07 Å². The molecule has 0 bridgehead atoms. The molecule has 0 aliphatic heterocycles. The smallest absolute Gasteiger partial charge is 0.247 e. The molecular weight excluding hydrogens is 463 g/mol. The van der Waals surface area contributed by atoms with Gasteiger partial charge in [0, 0.05) is 16.3 Å². The van der Waals surface area contributed by atoms with Crippen LogP contribution >= 0.6 is 22.6 Å². The Hall–Kier alpha value is -2.76. The maximum Gasteiger partial charge on any atom is 0.247 e. The molecule has 0 unspecified atom stereocenters. The number of nitrogens with zero attached hydrogens (tertiary/aromatic N) is 2. The summed E-state index contributed by atoms with van der Waals surface area (Å²) < 4.78 is 1.01. The summed E-state index contributed by atoms with van der Waals surface area (Å²) in [7, 11) is 0. The van der Waals surface area contributed by atoms with Crippen molar-refractivity contribution in [3.63, 3.8) is 0 Å². The monoisotopic (exact) mass is 482 g/mol. The van der Waals surface area contributed by atoms with Gasteiger partial charge in [0.2, 0.25) is 5.91 Å². The first kappa shape index (κ1) is 20.0. The molecular formula is C22H19IN4O. The number of aromatic nitrogens is 1. The Morgan fingerprint density at radius 2 is 1.82 bits per heavy atom. The van der Waals surface area contributed by atoms with Crippen LogP contribution in [0.15, 0.2) is 72.9 Å². The number of pyridine rings is 1. The van der Waals surface area contributed by atoms with Gasteiger partial charge in [-0.15, -0.1) is 0 Å². The van der Waals surface area contributed by atoms with Crippen molar-refractivity contribution in [2.24, 2.45) is 0 Å². The third kappa shape index (κ3) is 5.62. The molecule has 1 atom stereocenters. The van der Waals surface area contributed by atoms with E-state index in [9.17, 15) is 4.79 Å². The number of nitriles is 1. The Bertz CT molecular complexity index is 951. The van der Waals surface area contributed by atoms with Gasteiger partial charge in [-0.05, 0) is 64.4 Å². The van der Waals surface area contributed by atoms with Crippen LogP contribution in [0.3, 0.4) is 0 Å². The second-order valence-corrected chi connectivity index (χ2v) is 7.45. The minimum atomic E-state index is -0.486. The fraction of sp³-hybridized carbons (Fsp3) is 0.136. The Labute approximate surface area is 178 Å². The summed E-state index contributed by atoms with van der Waals surface area (Å²) in [5.74, 6) is 0.375. The maximum atomic E-state index is 12.9. The lowest BCUT2D eigenvalue weighted by Crippen LogP contribution is -2.34. The number of benzene rings is 2. The quantitative estimate of drug-likeness (QED) is 0.498. The predicted octanol–water partition coefficient (Wildman–Crippen LogP) is 4.07. The van der Waals surface area contributed by atoms with E-state index in [-0.39, 0.29) is 5.91 Å². The van der Waals surface area contributed by atoms with Crippen molar-refractivity contribution in [1.82, 2.24) is 10.3 Å². The molecule has 1 heterocycles. The molecule has 0 saturated heterocycles. The molecule has 0 spiro atoms. The standard InChI is InChI=1S/C22H19IN4O/c23-19-10-11-20(26-15-19)27-22(28)21(18-4-2-1-3-5-18)25-13-12-16-6-8-17(14-24)9-7-16/h1-11,15,21,25H,12-13H2,(H,26,27,28)/t21-/m1/s1. The van der Waals surface area contributed by atoms with Crippen LogP contribution in [-0.4, -0.2) is 17.4 Å². The normalized spacial score (nSPS) is 11.4. The van der Waals surface area contributed by atoms with E-state index in [1.54, 1.807) is 24.4 Å². The number of carbonyl (C=O) groups is 1. The molecule has 0 saturated carbocycles. The van der Waals surface area contributed by atoms with Crippen molar-refractivity contribution in [3.05, 3.63) is 93.2 Å². The lowest BCUT2D eigenvalue weighted by atomic mass is 10.1.